The van der Waals surface area contributed by atoms with Crippen molar-refractivity contribution in [3.63, 3.8) is 0 Å². The normalized spacial score (nSPS) is 9.33. The molecule has 0 saturated carbocycles. The second kappa shape index (κ2) is 4.96. The summed E-state index contributed by atoms with van der Waals surface area (Å²) in [4.78, 5) is 0. The molecule has 0 aliphatic heterocycles. The molecular formula is C12H11IrN2-. The van der Waals surface area contributed by atoms with E-state index in [0.717, 1.165) is 16.8 Å². The average Bonchev–Trinajstić information content (AvgIpc) is 2.70. The van der Waals surface area contributed by atoms with Crippen LogP contribution in [-0.4, -0.2) is 9.78 Å². The van der Waals surface area contributed by atoms with Crippen molar-refractivity contribution in [3.8, 4) is 0 Å². The van der Waals surface area contributed by atoms with E-state index in [1.807, 2.05) is 36.5 Å². The molecule has 15 heavy (non-hydrogen) atoms. The molecule has 0 aliphatic rings. The molecule has 0 spiro atoms. The molecule has 0 N–H and O–H groups in total. The molecule has 1 aromatic carbocycles. The zero-order valence-electron chi connectivity index (χ0n) is 8.18. The molecule has 0 bridgehead atoms. The van der Waals surface area contributed by atoms with Gasteiger partial charge >= 0.3 is 0 Å². The van der Waals surface area contributed by atoms with Crippen LogP contribution >= 0.6 is 0 Å². The summed E-state index contributed by atoms with van der Waals surface area (Å²) in [5.74, 6) is 0. The SMILES string of the molecule is C=C(c1ccccc1[CH2-])n1cccn1.[Ir]. The van der Waals surface area contributed by atoms with Gasteiger partial charge in [0.25, 0.3) is 0 Å². The maximum absolute atomic E-state index is 4.12. The summed E-state index contributed by atoms with van der Waals surface area (Å²) in [6.45, 7) is 7.94. The minimum atomic E-state index is 0. The third-order valence-electron chi connectivity index (χ3n) is 2.11. The van der Waals surface area contributed by atoms with Crippen LogP contribution in [0.1, 0.15) is 11.1 Å². The summed E-state index contributed by atoms with van der Waals surface area (Å²) in [7, 11) is 0. The Labute approximate surface area is 103 Å². The molecule has 1 heterocycles. The minimum absolute atomic E-state index is 0. The Morgan fingerprint density at radius 2 is 2.00 bits per heavy atom. The van der Waals surface area contributed by atoms with E-state index in [9.17, 15) is 0 Å². The fourth-order valence-corrected chi connectivity index (χ4v) is 1.35. The van der Waals surface area contributed by atoms with Gasteiger partial charge in [0.05, 0.1) is 0 Å². The molecule has 2 nitrogen and oxygen atoms in total. The third kappa shape index (κ3) is 2.38. The molecule has 79 valence electrons. The fourth-order valence-electron chi connectivity index (χ4n) is 1.35. The van der Waals surface area contributed by atoms with E-state index in [0.29, 0.717) is 0 Å². The van der Waals surface area contributed by atoms with Crippen molar-refractivity contribution >= 4 is 5.70 Å². The van der Waals surface area contributed by atoms with E-state index in [2.05, 4.69) is 18.6 Å². The van der Waals surface area contributed by atoms with Crippen LogP contribution in [0.3, 0.4) is 0 Å². The van der Waals surface area contributed by atoms with Gasteiger partial charge in [0, 0.05) is 38.2 Å². The second-order valence-corrected chi connectivity index (χ2v) is 3.05. The molecule has 2 aromatic rings. The van der Waals surface area contributed by atoms with E-state index in [1.54, 1.807) is 10.9 Å². The maximum atomic E-state index is 4.12. The number of benzene rings is 1. The van der Waals surface area contributed by atoms with Gasteiger partial charge in [-0.3, -0.25) is 4.68 Å². The van der Waals surface area contributed by atoms with E-state index in [1.165, 1.54) is 0 Å². The quantitative estimate of drug-likeness (QED) is 0.738. The van der Waals surface area contributed by atoms with Crippen LogP contribution in [0.25, 0.3) is 5.70 Å². The smallest absolute Gasteiger partial charge is 0.0493 e. The van der Waals surface area contributed by atoms with Crippen LogP contribution in [-0.2, 0) is 20.1 Å². The van der Waals surface area contributed by atoms with Gasteiger partial charge in [-0.2, -0.15) is 23.7 Å². The van der Waals surface area contributed by atoms with E-state index in [4.69, 9.17) is 0 Å². The fraction of sp³-hybridized carbons (Fsp3) is 0. The molecule has 3 heteroatoms. The molecule has 0 fully saturated rings. The first-order chi connectivity index (χ1) is 6.79. The maximum Gasteiger partial charge on any atom is 0.0493 e. The summed E-state index contributed by atoms with van der Waals surface area (Å²) < 4.78 is 1.74. The van der Waals surface area contributed by atoms with Crippen LogP contribution in [0.2, 0.25) is 0 Å². The van der Waals surface area contributed by atoms with Gasteiger partial charge in [0.1, 0.15) is 0 Å². The second-order valence-electron chi connectivity index (χ2n) is 3.05. The van der Waals surface area contributed by atoms with Crippen molar-refractivity contribution in [2.45, 2.75) is 0 Å². The van der Waals surface area contributed by atoms with Crippen molar-refractivity contribution in [3.05, 3.63) is 67.4 Å². The van der Waals surface area contributed by atoms with Gasteiger partial charge in [-0.05, 0) is 6.07 Å². The molecule has 1 radical (unpaired) electrons. The number of rotatable bonds is 2. The number of aromatic nitrogens is 2. The standard InChI is InChI=1S/C12H11N2.Ir/c1-10-6-3-4-7-12(10)11(2)14-9-5-8-13-14;/h3-9H,1-2H2;/q-1;. The first-order valence-electron chi connectivity index (χ1n) is 4.39. The zero-order valence-corrected chi connectivity index (χ0v) is 10.6. The Hall–Kier alpha value is -1.31. The van der Waals surface area contributed by atoms with Gasteiger partial charge in [0.2, 0.25) is 0 Å². The summed E-state index contributed by atoms with van der Waals surface area (Å²) in [6, 6.07) is 9.76. The molecule has 0 atom stereocenters. The van der Waals surface area contributed by atoms with Crippen molar-refractivity contribution in [1.29, 1.82) is 0 Å². The van der Waals surface area contributed by atoms with Crippen LogP contribution in [0, 0.1) is 6.92 Å². The predicted octanol–water partition coefficient (Wildman–Crippen LogP) is 2.58. The Morgan fingerprint density at radius 3 is 2.60 bits per heavy atom. The van der Waals surface area contributed by atoms with Gasteiger partial charge in [-0.25, -0.2) is 0 Å². The van der Waals surface area contributed by atoms with Gasteiger partial charge in [-0.15, -0.1) is 17.7 Å². The molecule has 0 aliphatic carbocycles. The largest absolute Gasteiger partial charge is 0.253 e. The summed E-state index contributed by atoms with van der Waals surface area (Å²) in [5, 5.41) is 4.12. The van der Waals surface area contributed by atoms with Gasteiger partial charge in [-0.1, -0.05) is 12.6 Å². The molecule has 0 saturated heterocycles. The van der Waals surface area contributed by atoms with E-state index >= 15 is 0 Å². The summed E-state index contributed by atoms with van der Waals surface area (Å²) >= 11 is 0. The Morgan fingerprint density at radius 1 is 1.27 bits per heavy atom. The van der Waals surface area contributed by atoms with Crippen LogP contribution in [0.5, 0.6) is 0 Å². The first-order valence-corrected chi connectivity index (χ1v) is 4.39. The monoisotopic (exact) mass is 376 g/mol. The third-order valence-corrected chi connectivity index (χ3v) is 2.11. The molecule has 1 aromatic heterocycles. The average molecular weight is 375 g/mol. The minimum Gasteiger partial charge on any atom is -0.253 e. The Balaban J connectivity index is 0.00000112. The van der Waals surface area contributed by atoms with Crippen LogP contribution in [0.4, 0.5) is 0 Å². The van der Waals surface area contributed by atoms with Crippen LogP contribution in [0.15, 0.2) is 49.3 Å². The molecular weight excluding hydrogens is 364 g/mol. The number of hydrogen-bond acceptors (Lipinski definition) is 1. The number of nitrogens with zero attached hydrogens (tertiary/aromatic N) is 2. The van der Waals surface area contributed by atoms with Crippen molar-refractivity contribution in [2.24, 2.45) is 0 Å². The summed E-state index contributed by atoms with van der Waals surface area (Å²) in [5.41, 5.74) is 2.84. The van der Waals surface area contributed by atoms with Gasteiger partial charge < -0.3 is 0 Å². The Bertz CT molecular complexity index is 446. The molecule has 2 rings (SSSR count). The first kappa shape index (κ1) is 11.8. The van der Waals surface area contributed by atoms with E-state index in [-0.39, 0.29) is 20.1 Å². The molecule has 0 amide bonds. The van der Waals surface area contributed by atoms with Crippen molar-refractivity contribution in [2.75, 3.05) is 0 Å². The molecule has 0 unspecified atom stereocenters. The number of hydrogen-bond donors (Lipinski definition) is 0. The Kier molecular flexibility index (Phi) is 3.89. The van der Waals surface area contributed by atoms with Crippen molar-refractivity contribution < 1.29 is 20.1 Å². The summed E-state index contributed by atoms with van der Waals surface area (Å²) in [6.07, 6.45) is 3.60. The topological polar surface area (TPSA) is 17.8 Å². The predicted molar refractivity (Wildman–Crippen MR) is 57.6 cm³/mol. The van der Waals surface area contributed by atoms with E-state index < -0.39 is 0 Å². The van der Waals surface area contributed by atoms with Crippen LogP contribution < -0.4 is 0 Å². The zero-order chi connectivity index (χ0) is 9.97. The van der Waals surface area contributed by atoms with Crippen molar-refractivity contribution in [1.82, 2.24) is 9.78 Å². The van der Waals surface area contributed by atoms with Gasteiger partial charge in [0.15, 0.2) is 0 Å².